The van der Waals surface area contributed by atoms with Crippen LogP contribution in [0, 0.1) is 5.92 Å². The molecule has 1 fully saturated rings. The third kappa shape index (κ3) is 2.73. The van der Waals surface area contributed by atoms with E-state index in [0.29, 0.717) is 11.0 Å². The van der Waals surface area contributed by atoms with E-state index in [9.17, 15) is 0 Å². The van der Waals surface area contributed by atoms with E-state index >= 15 is 0 Å². The van der Waals surface area contributed by atoms with E-state index in [1.165, 1.54) is 36.9 Å². The lowest BCUT2D eigenvalue weighted by Crippen LogP contribution is -2.23. The molecule has 102 valence electrons. The molecule has 0 aromatic carbocycles. The monoisotopic (exact) mass is 275 g/mol. The standard InChI is InChI=1S/C15H21N3S/c1-9(10-6-7-10)17-15-12(14(16)19)8-11-4-2-3-5-13(11)18-15/h8-10H,2-7H2,1H3,(H2,16,19)(H,17,18). The van der Waals surface area contributed by atoms with Crippen molar-refractivity contribution in [1.29, 1.82) is 0 Å². The predicted molar refractivity (Wildman–Crippen MR) is 82.6 cm³/mol. The Bertz CT molecular complexity index is 508. The molecule has 1 aromatic heterocycles. The maximum absolute atomic E-state index is 5.87. The van der Waals surface area contributed by atoms with Gasteiger partial charge in [-0.1, -0.05) is 12.2 Å². The van der Waals surface area contributed by atoms with Crippen LogP contribution >= 0.6 is 12.2 Å². The molecule has 1 heterocycles. The molecule has 3 N–H and O–H groups in total. The van der Waals surface area contributed by atoms with Crippen molar-refractivity contribution in [3.05, 3.63) is 22.9 Å². The molecule has 1 unspecified atom stereocenters. The Morgan fingerprint density at radius 3 is 2.84 bits per heavy atom. The van der Waals surface area contributed by atoms with Gasteiger partial charge < -0.3 is 11.1 Å². The number of anilines is 1. The summed E-state index contributed by atoms with van der Waals surface area (Å²) in [6.45, 7) is 2.22. The predicted octanol–water partition coefficient (Wildman–Crippen LogP) is 2.81. The van der Waals surface area contributed by atoms with E-state index in [1.54, 1.807) is 0 Å². The zero-order valence-electron chi connectivity index (χ0n) is 11.4. The van der Waals surface area contributed by atoms with Crippen LogP contribution in [0.5, 0.6) is 0 Å². The van der Waals surface area contributed by atoms with Gasteiger partial charge in [0.05, 0.1) is 5.56 Å². The topological polar surface area (TPSA) is 50.9 Å². The SMILES string of the molecule is CC(Nc1nc2c(cc1C(N)=S)CCCC2)C1CC1. The van der Waals surface area contributed by atoms with Gasteiger partial charge in [0.2, 0.25) is 0 Å². The van der Waals surface area contributed by atoms with E-state index < -0.39 is 0 Å². The second-order valence-corrected chi connectivity index (χ2v) is 6.27. The van der Waals surface area contributed by atoms with Crippen molar-refractivity contribution in [3.63, 3.8) is 0 Å². The fraction of sp³-hybridized carbons (Fsp3) is 0.600. The number of pyridine rings is 1. The fourth-order valence-electron chi connectivity index (χ4n) is 2.86. The van der Waals surface area contributed by atoms with Gasteiger partial charge in [-0.15, -0.1) is 0 Å². The highest BCUT2D eigenvalue weighted by atomic mass is 32.1. The minimum atomic E-state index is 0.450. The van der Waals surface area contributed by atoms with Gasteiger partial charge in [0.15, 0.2) is 0 Å². The van der Waals surface area contributed by atoms with Crippen molar-refractivity contribution >= 4 is 23.0 Å². The van der Waals surface area contributed by atoms with Crippen LogP contribution in [-0.2, 0) is 12.8 Å². The average molecular weight is 275 g/mol. The second-order valence-electron chi connectivity index (χ2n) is 5.83. The van der Waals surface area contributed by atoms with E-state index in [4.69, 9.17) is 22.9 Å². The Balaban J connectivity index is 1.93. The third-order valence-electron chi connectivity index (χ3n) is 4.26. The van der Waals surface area contributed by atoms with Crippen LogP contribution in [0.4, 0.5) is 5.82 Å². The summed E-state index contributed by atoms with van der Waals surface area (Å²) in [5.74, 6) is 1.68. The molecule has 2 aliphatic rings. The number of nitrogens with zero attached hydrogens (tertiary/aromatic N) is 1. The molecule has 0 spiro atoms. The Labute approximate surface area is 120 Å². The highest BCUT2D eigenvalue weighted by Crippen LogP contribution is 2.34. The average Bonchev–Trinajstić information content (AvgIpc) is 3.22. The van der Waals surface area contributed by atoms with Crippen molar-refractivity contribution in [1.82, 2.24) is 4.98 Å². The number of hydrogen-bond donors (Lipinski definition) is 2. The molecule has 19 heavy (non-hydrogen) atoms. The molecule has 0 aliphatic heterocycles. The lowest BCUT2D eigenvalue weighted by molar-refractivity contribution is 0.661. The highest BCUT2D eigenvalue weighted by molar-refractivity contribution is 7.80. The second kappa shape index (κ2) is 5.08. The summed E-state index contributed by atoms with van der Waals surface area (Å²) in [5, 5.41) is 3.53. The molecular weight excluding hydrogens is 254 g/mol. The summed E-state index contributed by atoms with van der Waals surface area (Å²) in [5.41, 5.74) is 9.35. The summed E-state index contributed by atoms with van der Waals surface area (Å²) in [6.07, 6.45) is 7.32. The highest BCUT2D eigenvalue weighted by Gasteiger charge is 2.29. The summed E-state index contributed by atoms with van der Waals surface area (Å²) in [7, 11) is 0. The number of fused-ring (bicyclic) bond motifs is 1. The van der Waals surface area contributed by atoms with Crippen molar-refractivity contribution in [2.24, 2.45) is 11.7 Å². The molecule has 4 heteroatoms. The van der Waals surface area contributed by atoms with Gasteiger partial charge in [-0.2, -0.15) is 0 Å². The minimum Gasteiger partial charge on any atom is -0.389 e. The first-order valence-corrected chi connectivity index (χ1v) is 7.65. The fourth-order valence-corrected chi connectivity index (χ4v) is 3.02. The molecular formula is C15H21N3S. The van der Waals surface area contributed by atoms with Crippen LogP contribution in [0.2, 0.25) is 0 Å². The van der Waals surface area contributed by atoms with Crippen molar-refractivity contribution in [3.8, 4) is 0 Å². The number of aromatic nitrogens is 1. The quantitative estimate of drug-likeness (QED) is 0.830. The number of hydrogen-bond acceptors (Lipinski definition) is 3. The number of rotatable bonds is 4. The van der Waals surface area contributed by atoms with Crippen LogP contribution < -0.4 is 11.1 Å². The van der Waals surface area contributed by atoms with Gasteiger partial charge in [0.1, 0.15) is 10.8 Å². The van der Waals surface area contributed by atoms with E-state index in [0.717, 1.165) is 30.1 Å². The van der Waals surface area contributed by atoms with Gasteiger partial charge >= 0.3 is 0 Å². The van der Waals surface area contributed by atoms with Crippen LogP contribution in [0.3, 0.4) is 0 Å². The largest absolute Gasteiger partial charge is 0.389 e. The van der Waals surface area contributed by atoms with Crippen molar-refractivity contribution in [2.45, 2.75) is 51.5 Å². The molecule has 0 saturated heterocycles. The first-order valence-electron chi connectivity index (χ1n) is 7.24. The summed E-state index contributed by atoms with van der Waals surface area (Å²) in [6, 6.07) is 2.62. The molecule has 2 aliphatic carbocycles. The molecule has 1 atom stereocenters. The molecule has 0 radical (unpaired) electrons. The first-order chi connectivity index (χ1) is 9.15. The van der Waals surface area contributed by atoms with Gasteiger partial charge in [0, 0.05) is 11.7 Å². The lowest BCUT2D eigenvalue weighted by Gasteiger charge is -2.21. The molecule has 0 bridgehead atoms. The Kier molecular flexibility index (Phi) is 3.44. The first kappa shape index (κ1) is 12.9. The zero-order chi connectivity index (χ0) is 13.4. The lowest BCUT2D eigenvalue weighted by atomic mass is 9.94. The molecule has 3 rings (SSSR count). The number of aryl methyl sites for hydroxylation is 2. The van der Waals surface area contributed by atoms with Crippen molar-refractivity contribution < 1.29 is 0 Å². The van der Waals surface area contributed by atoms with Crippen LogP contribution in [-0.4, -0.2) is 16.0 Å². The van der Waals surface area contributed by atoms with Crippen molar-refractivity contribution in [2.75, 3.05) is 5.32 Å². The van der Waals surface area contributed by atoms with Crippen LogP contribution in [0.1, 0.15) is 49.4 Å². The normalized spacial score (nSPS) is 19.6. The summed E-state index contributed by atoms with van der Waals surface area (Å²) >= 11 is 5.19. The number of thiocarbonyl (C=S) groups is 1. The van der Waals surface area contributed by atoms with Crippen LogP contribution in [0.15, 0.2) is 6.07 Å². The maximum atomic E-state index is 5.87. The Morgan fingerprint density at radius 2 is 2.16 bits per heavy atom. The smallest absolute Gasteiger partial charge is 0.136 e. The zero-order valence-corrected chi connectivity index (χ0v) is 12.2. The number of nitrogens with two attached hydrogens (primary N) is 1. The van der Waals surface area contributed by atoms with Gasteiger partial charge in [-0.05, 0) is 63.0 Å². The Hall–Kier alpha value is -1.16. The van der Waals surface area contributed by atoms with E-state index in [1.807, 2.05) is 0 Å². The number of nitrogens with one attached hydrogen (secondary N) is 1. The summed E-state index contributed by atoms with van der Waals surface area (Å²) < 4.78 is 0. The van der Waals surface area contributed by atoms with Gasteiger partial charge in [0.25, 0.3) is 0 Å². The molecule has 1 aromatic rings. The molecule has 1 saturated carbocycles. The third-order valence-corrected chi connectivity index (χ3v) is 4.48. The van der Waals surface area contributed by atoms with Crippen LogP contribution in [0.25, 0.3) is 0 Å². The van der Waals surface area contributed by atoms with E-state index in [-0.39, 0.29) is 0 Å². The summed E-state index contributed by atoms with van der Waals surface area (Å²) in [4.78, 5) is 5.26. The Morgan fingerprint density at radius 1 is 1.42 bits per heavy atom. The maximum Gasteiger partial charge on any atom is 0.136 e. The van der Waals surface area contributed by atoms with Gasteiger partial charge in [-0.3, -0.25) is 0 Å². The molecule has 0 amide bonds. The van der Waals surface area contributed by atoms with Gasteiger partial charge in [-0.25, -0.2) is 4.98 Å². The van der Waals surface area contributed by atoms with E-state index in [2.05, 4.69) is 18.3 Å². The molecule has 3 nitrogen and oxygen atoms in total. The minimum absolute atomic E-state index is 0.450.